The molecule has 0 spiro atoms. The van der Waals surface area contributed by atoms with Crippen molar-refractivity contribution in [1.82, 2.24) is 14.8 Å². The van der Waals surface area contributed by atoms with Crippen LogP contribution in [0.25, 0.3) is 0 Å². The van der Waals surface area contributed by atoms with Gasteiger partial charge in [-0.25, -0.2) is 8.42 Å². The zero-order valence-corrected chi connectivity index (χ0v) is 17.8. The molecular formula is C20H23N3O3S2. The Morgan fingerprint density at radius 1 is 1.04 bits per heavy atom. The van der Waals surface area contributed by atoms with Crippen molar-refractivity contribution in [2.24, 2.45) is 7.05 Å². The molecule has 2 aromatic carbocycles. The smallest absolute Gasteiger partial charge is 0.191 e. The van der Waals surface area contributed by atoms with Crippen LogP contribution in [0.15, 0.2) is 58.6 Å². The molecule has 0 aliphatic heterocycles. The highest BCUT2D eigenvalue weighted by atomic mass is 32.2. The highest BCUT2D eigenvalue weighted by Gasteiger charge is 2.20. The molecule has 0 radical (unpaired) electrons. The lowest BCUT2D eigenvalue weighted by atomic mass is 10.2. The molecule has 0 saturated heterocycles. The summed E-state index contributed by atoms with van der Waals surface area (Å²) in [6.07, 6.45) is 0. The Bertz CT molecular complexity index is 1040. The van der Waals surface area contributed by atoms with Crippen molar-refractivity contribution in [2.75, 3.05) is 12.4 Å². The van der Waals surface area contributed by atoms with Crippen LogP contribution in [0.3, 0.4) is 0 Å². The van der Waals surface area contributed by atoms with Crippen molar-refractivity contribution in [2.45, 2.75) is 29.7 Å². The standard InChI is InChI=1S/C20H23N3O3S2/c1-15-7-9-18(10-8-15)28(24,25)14-19-21-22-20(23(19)3)27-12-11-26-17-6-4-5-16(2)13-17/h4-10,13H,11-12,14H2,1-3H3. The fourth-order valence-electron chi connectivity index (χ4n) is 2.59. The van der Waals surface area contributed by atoms with Crippen molar-refractivity contribution in [1.29, 1.82) is 0 Å². The van der Waals surface area contributed by atoms with Crippen LogP contribution in [0.1, 0.15) is 17.0 Å². The lowest BCUT2D eigenvalue weighted by molar-refractivity contribution is 0.343. The molecule has 1 aromatic heterocycles. The monoisotopic (exact) mass is 417 g/mol. The molecule has 3 rings (SSSR count). The van der Waals surface area contributed by atoms with Gasteiger partial charge in [0.05, 0.1) is 11.5 Å². The number of aromatic nitrogens is 3. The van der Waals surface area contributed by atoms with Gasteiger partial charge in [0.2, 0.25) is 0 Å². The summed E-state index contributed by atoms with van der Waals surface area (Å²) in [4.78, 5) is 0.293. The molecular weight excluding hydrogens is 394 g/mol. The average molecular weight is 418 g/mol. The van der Waals surface area contributed by atoms with Crippen molar-refractivity contribution in [3.8, 4) is 5.75 Å². The maximum atomic E-state index is 12.6. The van der Waals surface area contributed by atoms with E-state index >= 15 is 0 Å². The zero-order valence-electron chi connectivity index (χ0n) is 16.1. The molecule has 0 amide bonds. The summed E-state index contributed by atoms with van der Waals surface area (Å²) < 4.78 is 32.7. The van der Waals surface area contributed by atoms with Crippen molar-refractivity contribution >= 4 is 21.6 Å². The van der Waals surface area contributed by atoms with Crippen LogP contribution in [0.5, 0.6) is 5.75 Å². The molecule has 28 heavy (non-hydrogen) atoms. The summed E-state index contributed by atoms with van der Waals surface area (Å²) in [5.41, 5.74) is 2.17. The zero-order chi connectivity index (χ0) is 20.1. The van der Waals surface area contributed by atoms with Crippen LogP contribution in [-0.2, 0) is 22.6 Å². The molecule has 0 bridgehead atoms. The molecule has 1 heterocycles. The van der Waals surface area contributed by atoms with E-state index in [4.69, 9.17) is 4.74 Å². The van der Waals surface area contributed by atoms with Crippen molar-refractivity contribution in [3.05, 3.63) is 65.5 Å². The Morgan fingerprint density at radius 3 is 2.50 bits per heavy atom. The number of rotatable bonds is 8. The van der Waals surface area contributed by atoms with Crippen LogP contribution in [0, 0.1) is 13.8 Å². The molecule has 0 atom stereocenters. The van der Waals surface area contributed by atoms with Gasteiger partial charge in [0.25, 0.3) is 0 Å². The second-order valence-electron chi connectivity index (χ2n) is 6.54. The van der Waals surface area contributed by atoms with Gasteiger partial charge in [-0.05, 0) is 43.7 Å². The highest BCUT2D eigenvalue weighted by Crippen LogP contribution is 2.20. The predicted octanol–water partition coefficient (Wildman–Crippen LogP) is 3.58. The number of hydrogen-bond acceptors (Lipinski definition) is 6. The Balaban J connectivity index is 1.58. The first-order valence-electron chi connectivity index (χ1n) is 8.85. The van der Waals surface area contributed by atoms with E-state index in [0.29, 0.717) is 28.2 Å². The van der Waals surface area contributed by atoms with Crippen LogP contribution in [-0.4, -0.2) is 35.5 Å². The summed E-state index contributed by atoms with van der Waals surface area (Å²) in [7, 11) is -1.68. The van der Waals surface area contributed by atoms with E-state index in [9.17, 15) is 8.42 Å². The third-order valence-electron chi connectivity index (χ3n) is 4.20. The third kappa shape index (κ3) is 5.14. The topological polar surface area (TPSA) is 74.1 Å². The number of aryl methyl sites for hydroxylation is 2. The quantitative estimate of drug-likeness (QED) is 0.412. The van der Waals surface area contributed by atoms with E-state index in [0.717, 1.165) is 16.9 Å². The van der Waals surface area contributed by atoms with Crippen LogP contribution < -0.4 is 4.74 Å². The van der Waals surface area contributed by atoms with Gasteiger partial charge in [0.1, 0.15) is 17.3 Å². The third-order valence-corrected chi connectivity index (χ3v) is 6.81. The summed E-state index contributed by atoms with van der Waals surface area (Å²) in [6, 6.07) is 14.7. The molecule has 0 N–H and O–H groups in total. The number of hydrogen-bond donors (Lipinski definition) is 0. The Kier molecular flexibility index (Phi) is 6.41. The number of nitrogens with zero attached hydrogens (tertiary/aromatic N) is 3. The number of ether oxygens (including phenoxy) is 1. The van der Waals surface area contributed by atoms with E-state index in [1.807, 2.05) is 38.1 Å². The summed E-state index contributed by atoms with van der Waals surface area (Å²) in [5, 5.41) is 8.86. The van der Waals surface area contributed by atoms with Gasteiger partial charge in [0.15, 0.2) is 15.0 Å². The Labute approximate surface area is 169 Å². The van der Waals surface area contributed by atoms with Gasteiger partial charge in [0, 0.05) is 12.8 Å². The molecule has 0 unspecified atom stereocenters. The first-order chi connectivity index (χ1) is 13.3. The fourth-order valence-corrected chi connectivity index (χ4v) is 4.65. The summed E-state index contributed by atoms with van der Waals surface area (Å²) in [5.74, 6) is 1.76. The first kappa shape index (κ1) is 20.4. The van der Waals surface area contributed by atoms with E-state index in [1.165, 1.54) is 11.8 Å². The van der Waals surface area contributed by atoms with Gasteiger partial charge in [-0.3, -0.25) is 0 Å². The SMILES string of the molecule is Cc1ccc(S(=O)(=O)Cc2nnc(SCCOc3cccc(C)c3)n2C)cc1. The van der Waals surface area contributed by atoms with Crippen LogP contribution in [0.2, 0.25) is 0 Å². The van der Waals surface area contributed by atoms with Gasteiger partial charge in [-0.15, -0.1) is 10.2 Å². The Hall–Kier alpha value is -2.32. The normalized spacial score (nSPS) is 11.5. The van der Waals surface area contributed by atoms with Gasteiger partial charge in [-0.1, -0.05) is 41.6 Å². The number of benzene rings is 2. The highest BCUT2D eigenvalue weighted by molar-refractivity contribution is 7.99. The molecule has 6 nitrogen and oxygen atoms in total. The molecule has 3 aromatic rings. The van der Waals surface area contributed by atoms with Crippen molar-refractivity contribution < 1.29 is 13.2 Å². The number of sulfone groups is 1. The fraction of sp³-hybridized carbons (Fsp3) is 0.300. The van der Waals surface area contributed by atoms with Crippen molar-refractivity contribution in [3.63, 3.8) is 0 Å². The Morgan fingerprint density at radius 2 is 1.79 bits per heavy atom. The molecule has 8 heteroatoms. The molecule has 0 saturated carbocycles. The largest absolute Gasteiger partial charge is 0.493 e. The van der Waals surface area contributed by atoms with Gasteiger partial charge in [-0.2, -0.15) is 0 Å². The van der Waals surface area contributed by atoms with E-state index in [1.54, 1.807) is 35.9 Å². The lowest BCUT2D eigenvalue weighted by Crippen LogP contribution is -2.10. The number of thioether (sulfide) groups is 1. The molecule has 0 aliphatic rings. The van der Waals surface area contributed by atoms with Crippen LogP contribution >= 0.6 is 11.8 Å². The van der Waals surface area contributed by atoms with Gasteiger partial charge >= 0.3 is 0 Å². The lowest BCUT2D eigenvalue weighted by Gasteiger charge is -2.07. The minimum Gasteiger partial charge on any atom is -0.493 e. The summed E-state index contributed by atoms with van der Waals surface area (Å²) in [6.45, 7) is 4.47. The molecule has 0 fully saturated rings. The first-order valence-corrected chi connectivity index (χ1v) is 11.5. The summed E-state index contributed by atoms with van der Waals surface area (Å²) >= 11 is 1.48. The van der Waals surface area contributed by atoms with E-state index < -0.39 is 9.84 Å². The van der Waals surface area contributed by atoms with E-state index in [-0.39, 0.29) is 5.75 Å². The molecule has 0 aliphatic carbocycles. The second-order valence-corrected chi connectivity index (χ2v) is 9.60. The second kappa shape index (κ2) is 8.79. The van der Waals surface area contributed by atoms with E-state index in [2.05, 4.69) is 10.2 Å². The van der Waals surface area contributed by atoms with Gasteiger partial charge < -0.3 is 9.30 Å². The van der Waals surface area contributed by atoms with Crippen LogP contribution in [0.4, 0.5) is 0 Å². The molecule has 148 valence electrons. The maximum absolute atomic E-state index is 12.6. The minimum absolute atomic E-state index is 0.181. The minimum atomic E-state index is -3.46. The predicted molar refractivity (Wildman–Crippen MR) is 110 cm³/mol. The average Bonchev–Trinajstić information content (AvgIpc) is 2.98. The maximum Gasteiger partial charge on any atom is 0.191 e.